The molecule has 0 aliphatic rings. The molecule has 0 radical (unpaired) electrons. The molecule has 4 rings (SSSR count). The Labute approximate surface area is 191 Å². The normalized spacial score (nSPS) is 11.1. The highest BCUT2D eigenvalue weighted by molar-refractivity contribution is 9.10. The monoisotopic (exact) mass is 475 g/mol. The summed E-state index contributed by atoms with van der Waals surface area (Å²) in [6.45, 7) is 9.79. The second-order valence-electron chi connectivity index (χ2n) is 8.03. The van der Waals surface area contributed by atoms with Crippen LogP contribution in [0.1, 0.15) is 44.0 Å². The molecule has 0 aliphatic heterocycles. The highest BCUT2D eigenvalue weighted by Crippen LogP contribution is 2.25. The summed E-state index contributed by atoms with van der Waals surface area (Å²) in [6, 6.07) is 17.8. The van der Waals surface area contributed by atoms with Gasteiger partial charge in [0.05, 0.1) is 17.6 Å². The first-order valence-corrected chi connectivity index (χ1v) is 11.2. The molecule has 0 atom stereocenters. The average Bonchev–Trinajstić information content (AvgIpc) is 3.11. The summed E-state index contributed by atoms with van der Waals surface area (Å²) in [6.07, 6.45) is 0. The van der Waals surface area contributed by atoms with Gasteiger partial charge in [0.1, 0.15) is 5.82 Å². The molecule has 0 saturated heterocycles. The van der Waals surface area contributed by atoms with Crippen molar-refractivity contribution in [3.8, 4) is 0 Å². The van der Waals surface area contributed by atoms with Gasteiger partial charge in [-0.05, 0) is 85.8 Å². The molecule has 0 saturated carbocycles. The third kappa shape index (κ3) is 4.28. The Morgan fingerprint density at radius 3 is 2.39 bits per heavy atom. The number of carbonyl (C=O) groups is 1. The van der Waals surface area contributed by atoms with Crippen molar-refractivity contribution < 1.29 is 4.79 Å². The van der Waals surface area contributed by atoms with Crippen LogP contribution in [0.25, 0.3) is 11.0 Å². The van der Waals surface area contributed by atoms with Gasteiger partial charge in [-0.25, -0.2) is 4.98 Å². The van der Waals surface area contributed by atoms with Crippen LogP contribution < -0.4 is 5.32 Å². The van der Waals surface area contributed by atoms with Crippen LogP contribution in [0.15, 0.2) is 59.1 Å². The molecule has 1 heterocycles. The Morgan fingerprint density at radius 2 is 1.68 bits per heavy atom. The number of benzene rings is 3. The van der Waals surface area contributed by atoms with E-state index < -0.39 is 0 Å². The summed E-state index contributed by atoms with van der Waals surface area (Å²) < 4.78 is 3.11. The fourth-order valence-corrected chi connectivity index (χ4v) is 4.42. The molecule has 0 aliphatic carbocycles. The maximum atomic E-state index is 12.7. The zero-order chi connectivity index (χ0) is 22.1. The Hall–Kier alpha value is -2.92. The van der Waals surface area contributed by atoms with E-state index in [4.69, 9.17) is 4.98 Å². The summed E-state index contributed by atoms with van der Waals surface area (Å²) in [5, 5.41) is 3.04. The van der Waals surface area contributed by atoms with E-state index in [9.17, 15) is 4.79 Å². The Bertz CT molecular complexity index is 1260. The van der Waals surface area contributed by atoms with E-state index in [0.29, 0.717) is 12.1 Å². The number of carbonyl (C=O) groups excluding carboxylic acids is 1. The highest BCUT2D eigenvalue weighted by atomic mass is 79.9. The van der Waals surface area contributed by atoms with Gasteiger partial charge in [0, 0.05) is 16.6 Å². The fourth-order valence-electron chi connectivity index (χ4n) is 4.02. The second kappa shape index (κ2) is 8.67. The number of rotatable bonds is 5. The summed E-state index contributed by atoms with van der Waals surface area (Å²) in [7, 11) is 0. The second-order valence-corrected chi connectivity index (χ2v) is 8.95. The van der Waals surface area contributed by atoms with Gasteiger partial charge in [-0.2, -0.15) is 0 Å². The molecule has 4 nitrogen and oxygen atoms in total. The van der Waals surface area contributed by atoms with Crippen molar-refractivity contribution in [2.24, 2.45) is 0 Å². The van der Waals surface area contributed by atoms with Crippen molar-refractivity contribution in [1.29, 1.82) is 0 Å². The lowest BCUT2D eigenvalue weighted by molar-refractivity contribution is 0.0949. The number of hydrogen-bond acceptors (Lipinski definition) is 2. The number of hydrogen-bond donors (Lipinski definition) is 1. The quantitative estimate of drug-likeness (QED) is 0.384. The summed E-state index contributed by atoms with van der Waals surface area (Å²) in [4.78, 5) is 17.5. The zero-order valence-electron chi connectivity index (χ0n) is 18.3. The predicted octanol–water partition coefficient (Wildman–Crippen LogP) is 6.01. The molecule has 3 aromatic carbocycles. The SMILES string of the molecule is Cc1cc(C)c(C)c(Cn2c(CNC(=O)c3cccc(Br)c3)nc3ccccc32)c1C. The van der Waals surface area contributed by atoms with Gasteiger partial charge in [0.15, 0.2) is 0 Å². The lowest BCUT2D eigenvalue weighted by Gasteiger charge is -2.18. The molecule has 0 unspecified atom stereocenters. The van der Waals surface area contributed by atoms with Crippen LogP contribution in [0.5, 0.6) is 0 Å². The molecular weight excluding hydrogens is 450 g/mol. The Morgan fingerprint density at radius 1 is 0.968 bits per heavy atom. The maximum Gasteiger partial charge on any atom is 0.251 e. The number of halogens is 1. The number of fused-ring (bicyclic) bond motifs is 1. The third-order valence-electron chi connectivity index (χ3n) is 6.07. The fraction of sp³-hybridized carbons (Fsp3) is 0.231. The smallest absolute Gasteiger partial charge is 0.251 e. The van der Waals surface area contributed by atoms with Crippen molar-refractivity contribution in [1.82, 2.24) is 14.9 Å². The minimum atomic E-state index is -0.112. The van der Waals surface area contributed by atoms with Crippen LogP contribution in [0.3, 0.4) is 0 Å². The van der Waals surface area contributed by atoms with Gasteiger partial charge < -0.3 is 9.88 Å². The summed E-state index contributed by atoms with van der Waals surface area (Å²) in [5.74, 6) is 0.737. The van der Waals surface area contributed by atoms with Crippen molar-refractivity contribution >= 4 is 32.9 Å². The maximum absolute atomic E-state index is 12.7. The Balaban J connectivity index is 1.70. The van der Waals surface area contributed by atoms with Crippen molar-refractivity contribution in [2.45, 2.75) is 40.8 Å². The van der Waals surface area contributed by atoms with Crippen LogP contribution in [0.2, 0.25) is 0 Å². The van der Waals surface area contributed by atoms with Gasteiger partial charge in [0.2, 0.25) is 0 Å². The minimum absolute atomic E-state index is 0.112. The van der Waals surface area contributed by atoms with Crippen molar-refractivity contribution in [3.05, 3.63) is 98.3 Å². The molecule has 4 aromatic rings. The third-order valence-corrected chi connectivity index (χ3v) is 6.56. The van der Waals surface area contributed by atoms with E-state index in [1.165, 1.54) is 27.8 Å². The minimum Gasteiger partial charge on any atom is -0.345 e. The lowest BCUT2D eigenvalue weighted by atomic mass is 9.94. The first-order chi connectivity index (χ1) is 14.8. The van der Waals surface area contributed by atoms with Gasteiger partial charge in [-0.15, -0.1) is 0 Å². The van der Waals surface area contributed by atoms with Crippen LogP contribution in [0.4, 0.5) is 0 Å². The Kier molecular flexibility index (Phi) is 5.96. The van der Waals surface area contributed by atoms with Crippen LogP contribution >= 0.6 is 15.9 Å². The number of aromatic nitrogens is 2. The predicted molar refractivity (Wildman–Crippen MR) is 130 cm³/mol. The number of nitrogens with one attached hydrogen (secondary N) is 1. The highest BCUT2D eigenvalue weighted by Gasteiger charge is 2.16. The average molecular weight is 476 g/mol. The molecule has 0 bridgehead atoms. The molecule has 31 heavy (non-hydrogen) atoms. The van der Waals surface area contributed by atoms with Crippen molar-refractivity contribution in [2.75, 3.05) is 0 Å². The van der Waals surface area contributed by atoms with Crippen LogP contribution in [0, 0.1) is 27.7 Å². The van der Waals surface area contributed by atoms with Gasteiger partial charge in [0.25, 0.3) is 5.91 Å². The first kappa shape index (κ1) is 21.3. The lowest BCUT2D eigenvalue weighted by Crippen LogP contribution is -2.25. The number of para-hydroxylation sites is 2. The van der Waals surface area contributed by atoms with Crippen LogP contribution in [-0.2, 0) is 13.1 Å². The molecule has 0 spiro atoms. The first-order valence-electron chi connectivity index (χ1n) is 10.4. The zero-order valence-corrected chi connectivity index (χ0v) is 19.9. The molecular formula is C26H26BrN3O. The van der Waals surface area contributed by atoms with E-state index >= 15 is 0 Å². The number of aryl methyl sites for hydroxylation is 2. The molecule has 5 heteroatoms. The summed E-state index contributed by atoms with van der Waals surface area (Å²) >= 11 is 3.43. The van der Waals surface area contributed by atoms with E-state index in [1.807, 2.05) is 42.5 Å². The molecule has 1 aromatic heterocycles. The number of nitrogens with zero attached hydrogens (tertiary/aromatic N) is 2. The standard InChI is InChI=1S/C26H26BrN3O/c1-16-12-17(2)19(4)22(18(16)3)15-30-24-11-6-5-10-23(24)29-25(30)14-28-26(31)20-8-7-9-21(27)13-20/h5-13H,14-15H2,1-4H3,(H,28,31). The van der Waals surface area contributed by atoms with E-state index in [0.717, 1.165) is 27.9 Å². The van der Waals surface area contributed by atoms with Gasteiger partial charge >= 0.3 is 0 Å². The molecule has 158 valence electrons. The van der Waals surface area contributed by atoms with Gasteiger partial charge in [-0.1, -0.05) is 40.2 Å². The van der Waals surface area contributed by atoms with Crippen molar-refractivity contribution in [3.63, 3.8) is 0 Å². The van der Waals surface area contributed by atoms with E-state index in [2.05, 4.69) is 65.6 Å². The number of imidazole rings is 1. The molecule has 1 N–H and O–H groups in total. The number of amides is 1. The van der Waals surface area contributed by atoms with E-state index in [1.54, 1.807) is 0 Å². The van der Waals surface area contributed by atoms with Gasteiger partial charge in [-0.3, -0.25) is 4.79 Å². The summed E-state index contributed by atoms with van der Waals surface area (Å²) in [5.41, 5.74) is 9.17. The molecule has 1 amide bonds. The largest absolute Gasteiger partial charge is 0.345 e. The van der Waals surface area contributed by atoms with Crippen LogP contribution in [-0.4, -0.2) is 15.5 Å². The molecule has 0 fully saturated rings. The van der Waals surface area contributed by atoms with E-state index in [-0.39, 0.29) is 5.91 Å². The topological polar surface area (TPSA) is 46.9 Å².